The third kappa shape index (κ3) is 8.83. The van der Waals surface area contributed by atoms with E-state index in [9.17, 15) is 29.1 Å². The molecule has 1 heterocycles. The molecule has 0 saturated carbocycles. The number of hydrogen-bond acceptors (Lipinski definition) is 9. The van der Waals surface area contributed by atoms with Crippen molar-refractivity contribution in [1.29, 1.82) is 0 Å². The number of benzene rings is 3. The van der Waals surface area contributed by atoms with Gasteiger partial charge in [-0.3, -0.25) is 14.4 Å². The molecule has 0 bridgehead atoms. The van der Waals surface area contributed by atoms with E-state index in [-0.39, 0.29) is 30.3 Å². The summed E-state index contributed by atoms with van der Waals surface area (Å²) in [6.07, 6.45) is 0.0152. The number of nitrogens with zero attached hydrogens (tertiary/aromatic N) is 1. The van der Waals surface area contributed by atoms with Crippen LogP contribution in [0.25, 0.3) is 0 Å². The van der Waals surface area contributed by atoms with Crippen molar-refractivity contribution in [3.05, 3.63) is 95.6 Å². The molecule has 3 aromatic carbocycles. The van der Waals surface area contributed by atoms with Gasteiger partial charge in [-0.2, -0.15) is 0 Å². The maximum atomic E-state index is 13.3. The van der Waals surface area contributed by atoms with Crippen LogP contribution in [0.3, 0.4) is 0 Å². The molecule has 4 rings (SSSR count). The molecule has 0 radical (unpaired) electrons. The van der Waals surface area contributed by atoms with Gasteiger partial charge in [-0.25, -0.2) is 9.59 Å². The van der Waals surface area contributed by atoms with Crippen LogP contribution in [-0.2, 0) is 36.9 Å². The summed E-state index contributed by atoms with van der Waals surface area (Å²) in [5.74, 6) is -1.97. The molecule has 4 N–H and O–H groups in total. The van der Waals surface area contributed by atoms with Gasteiger partial charge < -0.3 is 30.5 Å². The Labute approximate surface area is 258 Å². The summed E-state index contributed by atoms with van der Waals surface area (Å²) in [5, 5.41) is 11.2. The van der Waals surface area contributed by atoms with Crippen molar-refractivity contribution in [3.63, 3.8) is 0 Å². The molecular formula is C32H33N3O8S. The molecule has 230 valence electrons. The number of carboxylic acid groups (broad SMARTS) is 1. The highest BCUT2D eigenvalue weighted by Gasteiger charge is 2.41. The van der Waals surface area contributed by atoms with Crippen molar-refractivity contribution in [2.75, 3.05) is 12.3 Å². The van der Waals surface area contributed by atoms with Gasteiger partial charge in [0.05, 0.1) is 17.8 Å². The van der Waals surface area contributed by atoms with Gasteiger partial charge in [0.25, 0.3) is 0 Å². The first-order chi connectivity index (χ1) is 21.1. The van der Waals surface area contributed by atoms with Gasteiger partial charge in [0.15, 0.2) is 5.12 Å². The maximum absolute atomic E-state index is 13.3. The minimum absolute atomic E-state index is 0.0656. The van der Waals surface area contributed by atoms with Crippen molar-refractivity contribution in [2.45, 2.75) is 50.1 Å². The molecule has 0 aliphatic carbocycles. The van der Waals surface area contributed by atoms with Crippen LogP contribution >= 0.6 is 11.8 Å². The van der Waals surface area contributed by atoms with Crippen molar-refractivity contribution in [1.82, 2.24) is 10.2 Å². The van der Waals surface area contributed by atoms with Crippen LogP contribution in [0, 0.1) is 0 Å². The number of carbonyl (C=O) groups is 5. The quantitative estimate of drug-likeness (QED) is 0.162. The summed E-state index contributed by atoms with van der Waals surface area (Å²) < 4.78 is 10.3. The number of ether oxygens (including phenoxy) is 2. The number of rotatable bonds is 11. The van der Waals surface area contributed by atoms with Gasteiger partial charge in [0.1, 0.15) is 18.4 Å². The van der Waals surface area contributed by atoms with E-state index >= 15 is 0 Å². The van der Waals surface area contributed by atoms with Gasteiger partial charge in [-0.05, 0) is 60.2 Å². The molecule has 1 aliphatic rings. The van der Waals surface area contributed by atoms with Crippen molar-refractivity contribution < 1.29 is 38.6 Å². The van der Waals surface area contributed by atoms with Crippen LogP contribution in [0.5, 0.6) is 5.75 Å². The van der Waals surface area contributed by atoms with Crippen LogP contribution in [0.2, 0.25) is 0 Å². The Balaban J connectivity index is 1.35. The summed E-state index contributed by atoms with van der Waals surface area (Å²) >= 11 is 0.823. The molecule has 0 spiro atoms. The molecule has 1 fully saturated rings. The smallest absolute Gasteiger partial charge is 0.480 e. The average Bonchev–Trinajstić information content (AvgIpc) is 3.46. The Kier molecular flexibility index (Phi) is 11.0. The number of carboxylic acids is 1. The topological polar surface area (TPSA) is 165 Å². The standard InChI is InChI=1S/C32H33N3O8S/c1-20(36)44-28(17-21-7-13-25(14-8-21)43-32(41)42-19-22-5-3-2-4-6-22)30(38)34-18-29(37)35-26(15-16-27(35)31(39)40)23-9-11-24(33)12-10-23/h2-14,26-28H,15-19,33H2,1H3,(H,34,38)(H,39,40)/t26?,27-,28?/m0/s1. The summed E-state index contributed by atoms with van der Waals surface area (Å²) in [6, 6.07) is 21.0. The Morgan fingerprint density at radius 3 is 2.27 bits per heavy atom. The van der Waals surface area contributed by atoms with Crippen LogP contribution in [0.1, 0.15) is 42.5 Å². The predicted octanol–water partition coefficient (Wildman–Crippen LogP) is 4.11. The number of nitrogen functional groups attached to an aromatic ring is 1. The number of carbonyl (C=O) groups excluding carboxylic acids is 4. The Morgan fingerprint density at radius 2 is 1.64 bits per heavy atom. The Bertz CT molecular complexity index is 1480. The zero-order valence-electron chi connectivity index (χ0n) is 24.0. The van der Waals surface area contributed by atoms with E-state index in [0.29, 0.717) is 17.7 Å². The molecule has 12 heteroatoms. The summed E-state index contributed by atoms with van der Waals surface area (Å²) in [4.78, 5) is 63.6. The van der Waals surface area contributed by atoms with Crippen LogP contribution in [-0.4, -0.2) is 56.9 Å². The molecule has 3 atom stereocenters. The second-order valence-corrected chi connectivity index (χ2v) is 11.6. The lowest BCUT2D eigenvalue weighted by molar-refractivity contribution is -0.149. The summed E-state index contributed by atoms with van der Waals surface area (Å²) in [5.41, 5.74) is 8.58. The van der Waals surface area contributed by atoms with E-state index in [1.54, 1.807) is 48.5 Å². The van der Waals surface area contributed by atoms with E-state index in [1.807, 2.05) is 30.3 Å². The predicted molar refractivity (Wildman–Crippen MR) is 164 cm³/mol. The van der Waals surface area contributed by atoms with Gasteiger partial charge in [-0.1, -0.05) is 66.4 Å². The summed E-state index contributed by atoms with van der Waals surface area (Å²) in [7, 11) is 0. The normalized spacial score (nSPS) is 16.5. The Hall–Kier alpha value is -4.84. The fraction of sp³-hybridized carbons (Fsp3) is 0.281. The maximum Gasteiger partial charge on any atom is 0.514 e. The number of nitrogens with two attached hydrogens (primary N) is 1. The fourth-order valence-electron chi connectivity index (χ4n) is 4.95. The molecule has 11 nitrogen and oxygen atoms in total. The second kappa shape index (κ2) is 15.1. The van der Waals surface area contributed by atoms with Crippen LogP contribution in [0.4, 0.5) is 10.5 Å². The van der Waals surface area contributed by atoms with E-state index in [2.05, 4.69) is 5.32 Å². The summed E-state index contributed by atoms with van der Waals surface area (Å²) in [6.45, 7) is 0.976. The molecule has 2 unspecified atom stereocenters. The molecule has 3 aromatic rings. The van der Waals surface area contributed by atoms with E-state index in [0.717, 1.165) is 22.9 Å². The first-order valence-electron chi connectivity index (χ1n) is 13.9. The van der Waals surface area contributed by atoms with E-state index < -0.39 is 47.8 Å². The number of amides is 2. The van der Waals surface area contributed by atoms with Gasteiger partial charge in [-0.15, -0.1) is 0 Å². The number of thioether (sulfide) groups is 1. The highest BCUT2D eigenvalue weighted by molar-refractivity contribution is 8.14. The third-order valence-corrected chi connectivity index (χ3v) is 8.04. The molecule has 1 aliphatic heterocycles. The van der Waals surface area contributed by atoms with Gasteiger partial charge in [0, 0.05) is 12.6 Å². The van der Waals surface area contributed by atoms with Crippen LogP contribution < -0.4 is 15.8 Å². The highest BCUT2D eigenvalue weighted by atomic mass is 32.2. The zero-order chi connectivity index (χ0) is 31.6. The van der Waals surface area contributed by atoms with Gasteiger partial charge in [0.2, 0.25) is 11.8 Å². The van der Waals surface area contributed by atoms with Crippen LogP contribution in [0.15, 0.2) is 78.9 Å². The lowest BCUT2D eigenvalue weighted by Gasteiger charge is -2.29. The molecule has 0 aromatic heterocycles. The number of anilines is 1. The lowest BCUT2D eigenvalue weighted by atomic mass is 10.0. The van der Waals surface area contributed by atoms with E-state index in [4.69, 9.17) is 15.2 Å². The number of nitrogens with one attached hydrogen (secondary N) is 1. The van der Waals surface area contributed by atoms with Gasteiger partial charge >= 0.3 is 12.1 Å². The molecule has 2 amide bonds. The second-order valence-electron chi connectivity index (χ2n) is 10.2. The highest BCUT2D eigenvalue weighted by Crippen LogP contribution is 2.36. The molecule has 1 saturated heterocycles. The fourth-order valence-corrected chi connectivity index (χ4v) is 5.82. The monoisotopic (exact) mass is 619 g/mol. The van der Waals surface area contributed by atoms with Crippen molar-refractivity contribution >= 4 is 46.5 Å². The first kappa shape index (κ1) is 32.1. The van der Waals surface area contributed by atoms with E-state index in [1.165, 1.54) is 11.8 Å². The first-order valence-corrected chi connectivity index (χ1v) is 14.8. The van der Waals surface area contributed by atoms with Crippen molar-refractivity contribution in [2.24, 2.45) is 0 Å². The Morgan fingerprint density at radius 1 is 0.955 bits per heavy atom. The zero-order valence-corrected chi connectivity index (χ0v) is 24.8. The molecular weight excluding hydrogens is 586 g/mol. The largest absolute Gasteiger partial charge is 0.514 e. The third-order valence-electron chi connectivity index (χ3n) is 7.04. The number of hydrogen-bond donors (Lipinski definition) is 3. The average molecular weight is 620 g/mol. The SMILES string of the molecule is CC(=O)SC(Cc1ccc(OC(=O)OCc2ccccc2)cc1)C(=O)NCC(=O)N1C(c2ccc(N)cc2)CC[C@H]1C(=O)O. The number of aliphatic carboxylic acids is 1. The number of likely N-dealkylation sites (tertiary alicyclic amines) is 1. The minimum Gasteiger partial charge on any atom is -0.480 e. The minimum atomic E-state index is -1.12. The van der Waals surface area contributed by atoms with Crippen molar-refractivity contribution in [3.8, 4) is 5.75 Å². The lowest BCUT2D eigenvalue weighted by Crippen LogP contribution is -2.47. The molecule has 44 heavy (non-hydrogen) atoms.